The maximum Gasteiger partial charge on any atom is 0.143 e. The van der Waals surface area contributed by atoms with Crippen LogP contribution in [0.3, 0.4) is 0 Å². The van der Waals surface area contributed by atoms with Crippen molar-refractivity contribution >= 4 is 5.69 Å². The van der Waals surface area contributed by atoms with E-state index in [4.69, 9.17) is 4.74 Å². The fourth-order valence-corrected chi connectivity index (χ4v) is 1.71. The zero-order chi connectivity index (χ0) is 10.8. The van der Waals surface area contributed by atoms with E-state index in [0.29, 0.717) is 12.0 Å². The average Bonchev–Trinajstić information content (AvgIpc) is 3.01. The molecule has 0 aromatic carbocycles. The molecule has 82 valence electrons. The Morgan fingerprint density at radius 2 is 2.13 bits per heavy atom. The monoisotopic (exact) mass is 206 g/mol. The third-order valence-corrected chi connectivity index (χ3v) is 2.62. The van der Waals surface area contributed by atoms with Crippen LogP contribution in [0.1, 0.15) is 38.2 Å². The lowest BCUT2D eigenvalue weighted by Crippen LogP contribution is -2.05. The van der Waals surface area contributed by atoms with Crippen LogP contribution in [0.25, 0.3) is 0 Å². The molecule has 1 aromatic heterocycles. The van der Waals surface area contributed by atoms with Gasteiger partial charge in [0.15, 0.2) is 0 Å². The van der Waals surface area contributed by atoms with Crippen LogP contribution in [-0.4, -0.2) is 18.1 Å². The van der Waals surface area contributed by atoms with Crippen LogP contribution in [0.2, 0.25) is 0 Å². The number of hydrogen-bond donors (Lipinski definition) is 1. The van der Waals surface area contributed by atoms with Gasteiger partial charge in [-0.15, -0.1) is 0 Å². The fraction of sp³-hybridized carbons (Fsp3) is 0.583. The summed E-state index contributed by atoms with van der Waals surface area (Å²) >= 11 is 0. The summed E-state index contributed by atoms with van der Waals surface area (Å²) in [5.41, 5.74) is 2.31. The van der Waals surface area contributed by atoms with Crippen molar-refractivity contribution in [1.29, 1.82) is 0 Å². The summed E-state index contributed by atoms with van der Waals surface area (Å²) in [5, 5.41) is 3.17. The van der Waals surface area contributed by atoms with Gasteiger partial charge < -0.3 is 10.1 Å². The summed E-state index contributed by atoms with van der Waals surface area (Å²) in [6.07, 6.45) is 6.48. The van der Waals surface area contributed by atoms with Crippen molar-refractivity contribution in [2.45, 2.75) is 38.7 Å². The molecule has 0 amide bonds. The second kappa shape index (κ2) is 4.09. The van der Waals surface area contributed by atoms with Gasteiger partial charge in [0.05, 0.1) is 24.2 Å². The third-order valence-electron chi connectivity index (χ3n) is 2.62. The minimum atomic E-state index is 0.427. The van der Waals surface area contributed by atoms with E-state index in [1.54, 1.807) is 0 Å². The summed E-state index contributed by atoms with van der Waals surface area (Å²) in [4.78, 5) is 4.19. The Kier molecular flexibility index (Phi) is 2.80. The first kappa shape index (κ1) is 10.3. The lowest BCUT2D eigenvalue weighted by atomic mass is 10.0. The molecule has 0 spiro atoms. The van der Waals surface area contributed by atoms with Gasteiger partial charge in [-0.2, -0.15) is 0 Å². The molecule has 0 saturated heterocycles. The third kappa shape index (κ3) is 2.22. The maximum atomic E-state index is 5.86. The molecule has 2 rings (SSSR count). The number of pyridine rings is 1. The molecular formula is C12H18N2O. The van der Waals surface area contributed by atoms with E-state index in [2.05, 4.69) is 24.1 Å². The van der Waals surface area contributed by atoms with E-state index in [-0.39, 0.29) is 0 Å². The Morgan fingerprint density at radius 3 is 2.67 bits per heavy atom. The Balaban J connectivity index is 2.32. The van der Waals surface area contributed by atoms with Crippen molar-refractivity contribution < 1.29 is 4.74 Å². The largest absolute Gasteiger partial charge is 0.488 e. The first-order valence-electron chi connectivity index (χ1n) is 5.54. The quantitative estimate of drug-likeness (QED) is 0.822. The molecule has 1 fully saturated rings. The first-order valence-corrected chi connectivity index (χ1v) is 5.54. The minimum Gasteiger partial charge on any atom is -0.488 e. The Bertz CT molecular complexity index is 345. The smallest absolute Gasteiger partial charge is 0.143 e. The molecule has 15 heavy (non-hydrogen) atoms. The molecule has 0 aliphatic heterocycles. The van der Waals surface area contributed by atoms with Gasteiger partial charge in [-0.05, 0) is 18.8 Å². The SMILES string of the molecule is CNc1cncc(OC2CC2)c1C(C)C. The summed E-state index contributed by atoms with van der Waals surface area (Å²) in [6.45, 7) is 4.35. The molecule has 0 radical (unpaired) electrons. The Labute approximate surface area is 90.9 Å². The Hall–Kier alpha value is -1.25. The standard InChI is InChI=1S/C12H18N2O/c1-8(2)12-10(13-3)6-14-7-11(12)15-9-4-5-9/h6-9,13H,4-5H2,1-3H3. The van der Waals surface area contributed by atoms with Crippen molar-refractivity contribution in [3.05, 3.63) is 18.0 Å². The summed E-state index contributed by atoms with van der Waals surface area (Å²) in [5.74, 6) is 1.39. The first-order chi connectivity index (χ1) is 7.22. The van der Waals surface area contributed by atoms with E-state index in [9.17, 15) is 0 Å². The van der Waals surface area contributed by atoms with Gasteiger partial charge in [0.2, 0.25) is 0 Å². The highest BCUT2D eigenvalue weighted by Gasteiger charge is 2.25. The van der Waals surface area contributed by atoms with Crippen LogP contribution in [0.5, 0.6) is 5.75 Å². The number of aromatic nitrogens is 1. The van der Waals surface area contributed by atoms with Gasteiger partial charge in [0, 0.05) is 12.6 Å². The fourth-order valence-electron chi connectivity index (χ4n) is 1.71. The van der Waals surface area contributed by atoms with E-state index < -0.39 is 0 Å². The van der Waals surface area contributed by atoms with Crippen molar-refractivity contribution in [2.24, 2.45) is 0 Å². The van der Waals surface area contributed by atoms with E-state index in [1.807, 2.05) is 19.4 Å². The molecule has 1 aliphatic rings. The number of hydrogen-bond acceptors (Lipinski definition) is 3. The van der Waals surface area contributed by atoms with Gasteiger partial charge >= 0.3 is 0 Å². The summed E-state index contributed by atoms with van der Waals surface area (Å²) < 4.78 is 5.86. The highest BCUT2D eigenvalue weighted by molar-refractivity contribution is 5.56. The molecule has 0 bridgehead atoms. The lowest BCUT2D eigenvalue weighted by Gasteiger charge is -2.17. The number of rotatable bonds is 4. The molecular weight excluding hydrogens is 188 g/mol. The average molecular weight is 206 g/mol. The molecule has 1 heterocycles. The molecule has 1 saturated carbocycles. The summed E-state index contributed by atoms with van der Waals surface area (Å²) in [7, 11) is 1.92. The second-order valence-electron chi connectivity index (χ2n) is 4.32. The molecule has 0 unspecified atom stereocenters. The van der Waals surface area contributed by atoms with Crippen LogP contribution >= 0.6 is 0 Å². The minimum absolute atomic E-state index is 0.427. The molecule has 1 aliphatic carbocycles. The van der Waals surface area contributed by atoms with Crippen LogP contribution in [0.4, 0.5) is 5.69 Å². The van der Waals surface area contributed by atoms with Crippen molar-refractivity contribution in [1.82, 2.24) is 4.98 Å². The highest BCUT2D eigenvalue weighted by atomic mass is 16.5. The lowest BCUT2D eigenvalue weighted by molar-refractivity contribution is 0.298. The number of anilines is 1. The number of nitrogens with zero attached hydrogens (tertiary/aromatic N) is 1. The summed E-state index contributed by atoms with van der Waals surface area (Å²) in [6, 6.07) is 0. The highest BCUT2D eigenvalue weighted by Crippen LogP contribution is 2.35. The van der Waals surface area contributed by atoms with E-state index in [1.165, 1.54) is 18.4 Å². The molecule has 3 heteroatoms. The zero-order valence-electron chi connectivity index (χ0n) is 9.58. The molecule has 1 N–H and O–H groups in total. The van der Waals surface area contributed by atoms with E-state index in [0.717, 1.165) is 11.4 Å². The zero-order valence-corrected chi connectivity index (χ0v) is 9.58. The van der Waals surface area contributed by atoms with Gasteiger partial charge in [-0.3, -0.25) is 4.98 Å². The normalized spacial score (nSPS) is 15.5. The van der Waals surface area contributed by atoms with Crippen molar-refractivity contribution in [2.75, 3.05) is 12.4 Å². The van der Waals surface area contributed by atoms with Gasteiger partial charge in [0.25, 0.3) is 0 Å². The predicted molar refractivity (Wildman–Crippen MR) is 61.5 cm³/mol. The predicted octanol–water partition coefficient (Wildman–Crippen LogP) is 2.79. The topological polar surface area (TPSA) is 34.2 Å². The van der Waals surface area contributed by atoms with Crippen molar-refractivity contribution in [3.63, 3.8) is 0 Å². The number of ether oxygens (including phenoxy) is 1. The molecule has 0 atom stereocenters. The van der Waals surface area contributed by atoms with Gasteiger partial charge in [0.1, 0.15) is 5.75 Å². The number of nitrogens with one attached hydrogen (secondary N) is 1. The maximum absolute atomic E-state index is 5.86. The van der Waals surface area contributed by atoms with Crippen molar-refractivity contribution in [3.8, 4) is 5.75 Å². The van der Waals surface area contributed by atoms with Gasteiger partial charge in [-0.25, -0.2) is 0 Å². The Morgan fingerprint density at radius 1 is 1.40 bits per heavy atom. The second-order valence-corrected chi connectivity index (χ2v) is 4.32. The van der Waals surface area contributed by atoms with Crippen LogP contribution < -0.4 is 10.1 Å². The van der Waals surface area contributed by atoms with Gasteiger partial charge in [-0.1, -0.05) is 13.8 Å². The van der Waals surface area contributed by atoms with Crippen LogP contribution in [-0.2, 0) is 0 Å². The molecule has 1 aromatic rings. The van der Waals surface area contributed by atoms with Crippen LogP contribution in [0.15, 0.2) is 12.4 Å². The van der Waals surface area contributed by atoms with E-state index >= 15 is 0 Å². The molecule has 3 nitrogen and oxygen atoms in total. The van der Waals surface area contributed by atoms with Crippen LogP contribution in [0, 0.1) is 0 Å².